The molecule has 2 aromatic rings. The third-order valence-corrected chi connectivity index (χ3v) is 5.08. The van der Waals surface area contributed by atoms with Crippen molar-refractivity contribution in [2.45, 2.75) is 52.5 Å². The van der Waals surface area contributed by atoms with Crippen LogP contribution in [0.15, 0.2) is 21.3 Å². The van der Waals surface area contributed by atoms with Gasteiger partial charge < -0.3 is 14.1 Å². The summed E-state index contributed by atoms with van der Waals surface area (Å²) in [5.41, 5.74) is 3.50. The van der Waals surface area contributed by atoms with Gasteiger partial charge in [0.15, 0.2) is 5.58 Å². The van der Waals surface area contributed by atoms with Crippen LogP contribution in [0.25, 0.3) is 11.1 Å². The standard InChI is InChI=1S/C20H26N2O5/c1-4-26-18(24)6-5-17(23)21-9-7-15(8-10-21)22-16-12-13(2)11-14(3)19(16)27-20(22)25/h11-12,15H,4-10H2,1-3H3. The number of hydrogen-bond donors (Lipinski definition) is 0. The van der Waals surface area contributed by atoms with E-state index in [0.717, 1.165) is 16.6 Å². The summed E-state index contributed by atoms with van der Waals surface area (Å²) in [4.78, 5) is 37.9. The molecule has 7 nitrogen and oxygen atoms in total. The van der Waals surface area contributed by atoms with Gasteiger partial charge in [-0.2, -0.15) is 0 Å². The van der Waals surface area contributed by atoms with E-state index in [2.05, 4.69) is 0 Å². The third-order valence-electron chi connectivity index (χ3n) is 5.08. The summed E-state index contributed by atoms with van der Waals surface area (Å²) < 4.78 is 12.1. The SMILES string of the molecule is CCOC(=O)CCC(=O)N1CCC(n2c(=O)oc3c(C)cc(C)cc32)CC1. The molecule has 27 heavy (non-hydrogen) atoms. The van der Waals surface area contributed by atoms with E-state index >= 15 is 0 Å². The molecule has 0 spiro atoms. The van der Waals surface area contributed by atoms with Crippen molar-refractivity contribution in [2.24, 2.45) is 0 Å². The van der Waals surface area contributed by atoms with Crippen LogP contribution in [-0.4, -0.2) is 41.0 Å². The first-order valence-corrected chi connectivity index (χ1v) is 9.46. The Morgan fingerprint density at radius 3 is 2.56 bits per heavy atom. The Morgan fingerprint density at radius 1 is 1.19 bits per heavy atom. The Morgan fingerprint density at radius 2 is 1.89 bits per heavy atom. The monoisotopic (exact) mass is 374 g/mol. The maximum absolute atomic E-state index is 12.4. The van der Waals surface area contributed by atoms with Crippen LogP contribution in [-0.2, 0) is 14.3 Å². The number of amides is 1. The molecule has 1 aromatic carbocycles. The molecule has 7 heteroatoms. The number of carbonyl (C=O) groups excluding carboxylic acids is 2. The first kappa shape index (κ1) is 19.2. The zero-order valence-corrected chi connectivity index (χ0v) is 16.1. The van der Waals surface area contributed by atoms with E-state index in [4.69, 9.17) is 9.15 Å². The Hall–Kier alpha value is -2.57. The molecule has 1 aromatic heterocycles. The average Bonchev–Trinajstić information content (AvgIpc) is 2.96. The van der Waals surface area contributed by atoms with Gasteiger partial charge in [0.2, 0.25) is 5.91 Å². The number of esters is 1. The molecule has 1 saturated heterocycles. The zero-order valence-electron chi connectivity index (χ0n) is 16.1. The summed E-state index contributed by atoms with van der Waals surface area (Å²) in [6.45, 7) is 7.14. The summed E-state index contributed by atoms with van der Waals surface area (Å²) in [5, 5.41) is 0. The van der Waals surface area contributed by atoms with E-state index in [1.54, 1.807) is 16.4 Å². The van der Waals surface area contributed by atoms with Crippen molar-refractivity contribution in [1.29, 1.82) is 0 Å². The summed E-state index contributed by atoms with van der Waals surface area (Å²) >= 11 is 0. The first-order chi connectivity index (χ1) is 12.9. The van der Waals surface area contributed by atoms with Crippen molar-refractivity contribution < 1.29 is 18.7 Å². The van der Waals surface area contributed by atoms with E-state index < -0.39 is 0 Å². The highest BCUT2D eigenvalue weighted by atomic mass is 16.5. The first-order valence-electron chi connectivity index (χ1n) is 9.46. The lowest BCUT2D eigenvalue weighted by Gasteiger charge is -2.32. The topological polar surface area (TPSA) is 81.8 Å². The maximum Gasteiger partial charge on any atom is 0.420 e. The molecule has 1 aliphatic rings. The Labute approximate surface area is 157 Å². The van der Waals surface area contributed by atoms with Crippen LogP contribution in [0.2, 0.25) is 0 Å². The van der Waals surface area contributed by atoms with Gasteiger partial charge in [-0.1, -0.05) is 6.07 Å². The van der Waals surface area contributed by atoms with Gasteiger partial charge in [-0.15, -0.1) is 0 Å². The number of ether oxygens (including phenoxy) is 1. The van der Waals surface area contributed by atoms with Crippen molar-refractivity contribution in [3.8, 4) is 0 Å². The number of carbonyl (C=O) groups is 2. The van der Waals surface area contributed by atoms with Gasteiger partial charge in [0.05, 0.1) is 18.5 Å². The summed E-state index contributed by atoms with van der Waals surface area (Å²) in [5.74, 6) is -0.730. The molecule has 0 saturated carbocycles. The largest absolute Gasteiger partial charge is 0.466 e. The molecule has 1 amide bonds. The van der Waals surface area contributed by atoms with Gasteiger partial charge in [0.25, 0.3) is 0 Å². The van der Waals surface area contributed by atoms with E-state index in [-0.39, 0.29) is 36.5 Å². The fraction of sp³-hybridized carbons (Fsp3) is 0.550. The smallest absolute Gasteiger partial charge is 0.420 e. The molecule has 3 rings (SSSR count). The number of aryl methyl sites for hydroxylation is 2. The molecule has 0 radical (unpaired) electrons. The molecule has 1 fully saturated rings. The maximum atomic E-state index is 12.4. The molecular weight excluding hydrogens is 348 g/mol. The molecule has 1 aliphatic heterocycles. The Kier molecular flexibility index (Phi) is 5.68. The molecule has 2 heterocycles. The number of piperidine rings is 1. The third kappa shape index (κ3) is 4.07. The van der Waals surface area contributed by atoms with Crippen molar-refractivity contribution in [3.05, 3.63) is 33.8 Å². The number of hydrogen-bond acceptors (Lipinski definition) is 5. The van der Waals surface area contributed by atoms with Crippen LogP contribution >= 0.6 is 0 Å². The molecular formula is C20H26N2O5. The van der Waals surface area contributed by atoms with Crippen LogP contribution in [0.3, 0.4) is 0 Å². The highest BCUT2D eigenvalue weighted by Gasteiger charge is 2.27. The number of nitrogens with zero attached hydrogens (tertiary/aromatic N) is 2. The lowest BCUT2D eigenvalue weighted by Crippen LogP contribution is -2.40. The lowest BCUT2D eigenvalue weighted by molar-refractivity contribution is -0.146. The zero-order chi connectivity index (χ0) is 19.6. The van der Waals surface area contributed by atoms with Gasteiger partial charge in [-0.25, -0.2) is 4.79 Å². The van der Waals surface area contributed by atoms with Gasteiger partial charge in [0.1, 0.15) is 0 Å². The Balaban J connectivity index is 1.67. The fourth-order valence-corrected chi connectivity index (χ4v) is 3.80. The minimum absolute atomic E-state index is 0.00839. The van der Waals surface area contributed by atoms with E-state index in [9.17, 15) is 14.4 Å². The van der Waals surface area contributed by atoms with Crippen molar-refractivity contribution in [1.82, 2.24) is 9.47 Å². The lowest BCUT2D eigenvalue weighted by atomic mass is 10.0. The normalized spacial score (nSPS) is 15.3. The molecule has 0 bridgehead atoms. The Bertz CT molecular complexity index is 903. The van der Waals surface area contributed by atoms with Gasteiger partial charge >= 0.3 is 11.7 Å². The van der Waals surface area contributed by atoms with E-state index in [1.807, 2.05) is 26.0 Å². The summed E-state index contributed by atoms with van der Waals surface area (Å²) in [6, 6.07) is 3.99. The van der Waals surface area contributed by atoms with Crippen molar-refractivity contribution >= 4 is 23.0 Å². The second kappa shape index (κ2) is 7.98. The second-order valence-corrected chi connectivity index (χ2v) is 7.09. The highest BCUT2D eigenvalue weighted by Crippen LogP contribution is 2.28. The molecule has 0 atom stereocenters. The van der Waals surface area contributed by atoms with E-state index in [0.29, 0.717) is 38.1 Å². The number of aromatic nitrogens is 1. The van der Waals surface area contributed by atoms with Crippen LogP contribution in [0, 0.1) is 13.8 Å². The highest BCUT2D eigenvalue weighted by molar-refractivity contribution is 5.81. The van der Waals surface area contributed by atoms with Crippen LogP contribution in [0.1, 0.15) is 49.8 Å². The fourth-order valence-electron chi connectivity index (χ4n) is 3.80. The number of likely N-dealkylation sites (tertiary alicyclic amines) is 1. The number of benzene rings is 1. The predicted octanol–water partition coefficient (Wildman–Crippen LogP) is 2.72. The van der Waals surface area contributed by atoms with Crippen LogP contribution in [0.4, 0.5) is 0 Å². The average molecular weight is 374 g/mol. The second-order valence-electron chi connectivity index (χ2n) is 7.09. The molecule has 0 aliphatic carbocycles. The van der Waals surface area contributed by atoms with E-state index in [1.165, 1.54) is 0 Å². The quantitative estimate of drug-likeness (QED) is 0.752. The number of fused-ring (bicyclic) bond motifs is 1. The van der Waals surface area contributed by atoms with Gasteiger partial charge in [0, 0.05) is 25.6 Å². The minimum Gasteiger partial charge on any atom is -0.466 e. The molecule has 146 valence electrons. The van der Waals surface area contributed by atoms with Crippen LogP contribution in [0.5, 0.6) is 0 Å². The number of rotatable bonds is 5. The minimum atomic E-state index is -0.345. The summed E-state index contributed by atoms with van der Waals surface area (Å²) in [7, 11) is 0. The summed E-state index contributed by atoms with van der Waals surface area (Å²) in [6.07, 6.45) is 1.65. The number of oxazole rings is 1. The molecule has 0 unspecified atom stereocenters. The van der Waals surface area contributed by atoms with Crippen molar-refractivity contribution in [2.75, 3.05) is 19.7 Å². The predicted molar refractivity (Wildman–Crippen MR) is 101 cm³/mol. The van der Waals surface area contributed by atoms with Gasteiger partial charge in [-0.05, 0) is 50.8 Å². The molecule has 0 N–H and O–H groups in total. The van der Waals surface area contributed by atoms with Gasteiger partial charge in [-0.3, -0.25) is 14.2 Å². The van der Waals surface area contributed by atoms with Crippen molar-refractivity contribution in [3.63, 3.8) is 0 Å². The van der Waals surface area contributed by atoms with Crippen LogP contribution < -0.4 is 5.76 Å².